The lowest BCUT2D eigenvalue weighted by molar-refractivity contribution is -0.161. The summed E-state index contributed by atoms with van der Waals surface area (Å²) >= 11 is 0. The molecule has 0 saturated carbocycles. The van der Waals surface area contributed by atoms with Gasteiger partial charge in [0, 0.05) is 19.6 Å². The number of hydrogen-bond acceptors (Lipinski definition) is 3. The van der Waals surface area contributed by atoms with Gasteiger partial charge in [0.05, 0.1) is 0 Å². The first-order chi connectivity index (χ1) is 14.0. The van der Waals surface area contributed by atoms with E-state index in [1.54, 1.807) is 0 Å². The van der Waals surface area contributed by atoms with E-state index in [9.17, 15) is 9.59 Å². The van der Waals surface area contributed by atoms with Crippen molar-refractivity contribution in [1.29, 1.82) is 0 Å². The molecule has 0 bridgehead atoms. The molecule has 0 unspecified atom stereocenters. The van der Waals surface area contributed by atoms with E-state index >= 15 is 0 Å². The molecule has 2 amide bonds. The van der Waals surface area contributed by atoms with Crippen molar-refractivity contribution in [1.82, 2.24) is 15.1 Å². The van der Waals surface area contributed by atoms with Gasteiger partial charge in [-0.3, -0.25) is 9.59 Å². The maximum atomic E-state index is 13.1. The molecule has 2 aliphatic rings. The molecule has 5 heteroatoms. The third kappa shape index (κ3) is 5.00. The molecule has 1 atom stereocenters. The van der Waals surface area contributed by atoms with Crippen molar-refractivity contribution < 1.29 is 9.59 Å². The average molecular weight is 400 g/mol. The summed E-state index contributed by atoms with van der Waals surface area (Å²) in [5.41, 5.74) is 0.761. The van der Waals surface area contributed by atoms with Crippen LogP contribution in [0, 0.1) is 5.92 Å². The van der Waals surface area contributed by atoms with E-state index in [0.717, 1.165) is 38.9 Å². The number of unbranched alkanes of at least 4 members (excludes halogenated alkanes) is 1. The number of aryl methyl sites for hydroxylation is 1. The number of amides is 2. The van der Waals surface area contributed by atoms with E-state index in [2.05, 4.69) is 54.4 Å². The lowest BCUT2D eigenvalue weighted by Gasteiger charge is -2.51. The number of likely N-dealkylation sites (tertiary alicyclic amines) is 1. The molecular weight excluding hydrogens is 362 g/mol. The first-order valence-electron chi connectivity index (χ1n) is 11.3. The van der Waals surface area contributed by atoms with Crippen molar-refractivity contribution >= 4 is 11.8 Å². The van der Waals surface area contributed by atoms with Crippen molar-refractivity contribution in [3.8, 4) is 0 Å². The van der Waals surface area contributed by atoms with Crippen LogP contribution in [0.25, 0.3) is 0 Å². The van der Waals surface area contributed by atoms with Gasteiger partial charge in [-0.1, -0.05) is 44.2 Å². The first-order valence-corrected chi connectivity index (χ1v) is 11.3. The van der Waals surface area contributed by atoms with Gasteiger partial charge in [0.2, 0.25) is 11.8 Å². The molecule has 5 nitrogen and oxygen atoms in total. The monoisotopic (exact) mass is 399 g/mol. The van der Waals surface area contributed by atoms with E-state index in [4.69, 9.17) is 0 Å². The SMILES string of the molecule is CCN1C(=O)[C@H](CC(C)C)NC(=O)C12CCN(CCCCc1ccccc1)CC2. The number of rotatable bonds is 8. The van der Waals surface area contributed by atoms with Gasteiger partial charge in [0.1, 0.15) is 11.6 Å². The number of nitrogens with one attached hydrogen (secondary N) is 1. The fourth-order valence-corrected chi connectivity index (χ4v) is 4.92. The highest BCUT2D eigenvalue weighted by molar-refractivity contribution is 6.00. The third-order valence-corrected chi connectivity index (χ3v) is 6.55. The van der Waals surface area contributed by atoms with Gasteiger partial charge >= 0.3 is 0 Å². The van der Waals surface area contributed by atoms with Gasteiger partial charge in [-0.25, -0.2) is 0 Å². The fourth-order valence-electron chi connectivity index (χ4n) is 4.92. The zero-order valence-corrected chi connectivity index (χ0v) is 18.3. The van der Waals surface area contributed by atoms with Gasteiger partial charge in [-0.2, -0.15) is 0 Å². The molecule has 0 aromatic heterocycles. The summed E-state index contributed by atoms with van der Waals surface area (Å²) in [6.45, 7) is 9.64. The maximum Gasteiger partial charge on any atom is 0.246 e. The van der Waals surface area contributed by atoms with Gasteiger partial charge < -0.3 is 15.1 Å². The number of likely N-dealkylation sites (N-methyl/N-ethyl adjacent to an activating group) is 1. The van der Waals surface area contributed by atoms with Crippen molar-refractivity contribution in [3.05, 3.63) is 35.9 Å². The molecule has 2 heterocycles. The third-order valence-electron chi connectivity index (χ3n) is 6.55. The zero-order chi connectivity index (χ0) is 20.9. The van der Waals surface area contributed by atoms with E-state index in [1.165, 1.54) is 18.4 Å². The van der Waals surface area contributed by atoms with Crippen LogP contribution in [-0.4, -0.2) is 59.4 Å². The Morgan fingerprint density at radius 3 is 2.41 bits per heavy atom. The smallest absolute Gasteiger partial charge is 0.246 e. The Morgan fingerprint density at radius 2 is 1.79 bits per heavy atom. The molecule has 3 rings (SSSR count). The highest BCUT2D eigenvalue weighted by Gasteiger charge is 2.52. The van der Waals surface area contributed by atoms with E-state index in [1.807, 2.05) is 11.8 Å². The number of hydrogen-bond donors (Lipinski definition) is 1. The Morgan fingerprint density at radius 1 is 1.10 bits per heavy atom. The molecule has 0 aliphatic carbocycles. The second kappa shape index (κ2) is 9.75. The summed E-state index contributed by atoms with van der Waals surface area (Å²) in [5, 5.41) is 3.06. The van der Waals surface area contributed by atoms with Crippen molar-refractivity contribution in [2.24, 2.45) is 5.92 Å². The van der Waals surface area contributed by atoms with E-state index < -0.39 is 5.54 Å². The van der Waals surface area contributed by atoms with E-state index in [0.29, 0.717) is 18.9 Å². The largest absolute Gasteiger partial charge is 0.342 e. The second-order valence-electron chi connectivity index (χ2n) is 9.05. The summed E-state index contributed by atoms with van der Waals surface area (Å²) in [5.74, 6) is 0.556. The number of piperidine rings is 1. The minimum absolute atomic E-state index is 0.0633. The number of piperazine rings is 1. The summed E-state index contributed by atoms with van der Waals surface area (Å²) in [7, 11) is 0. The molecule has 2 saturated heterocycles. The Labute approximate surface area is 175 Å². The van der Waals surface area contributed by atoms with Crippen LogP contribution in [0.15, 0.2) is 30.3 Å². The van der Waals surface area contributed by atoms with Crippen LogP contribution < -0.4 is 5.32 Å². The number of carbonyl (C=O) groups excluding carboxylic acids is 2. The van der Waals surface area contributed by atoms with Crippen LogP contribution >= 0.6 is 0 Å². The predicted octanol–water partition coefficient (Wildman–Crippen LogP) is 3.24. The predicted molar refractivity (Wildman–Crippen MR) is 117 cm³/mol. The van der Waals surface area contributed by atoms with Crippen LogP contribution in [0.5, 0.6) is 0 Å². The molecule has 0 radical (unpaired) electrons. The second-order valence-corrected chi connectivity index (χ2v) is 9.05. The van der Waals surface area contributed by atoms with Crippen molar-refractivity contribution in [2.45, 2.75) is 70.9 Å². The molecule has 2 fully saturated rings. The van der Waals surface area contributed by atoms with Crippen LogP contribution in [0.3, 0.4) is 0 Å². The number of nitrogens with zero attached hydrogens (tertiary/aromatic N) is 2. The molecule has 1 spiro atoms. The molecule has 29 heavy (non-hydrogen) atoms. The van der Waals surface area contributed by atoms with Crippen LogP contribution in [0.1, 0.15) is 58.4 Å². The average Bonchev–Trinajstić information content (AvgIpc) is 2.71. The quantitative estimate of drug-likeness (QED) is 0.683. The molecule has 1 aromatic rings. The minimum Gasteiger partial charge on any atom is -0.342 e. The maximum absolute atomic E-state index is 13.1. The normalized spacial score (nSPS) is 22.3. The van der Waals surface area contributed by atoms with E-state index in [-0.39, 0.29) is 17.9 Å². The van der Waals surface area contributed by atoms with Crippen LogP contribution in [0.4, 0.5) is 0 Å². The lowest BCUT2D eigenvalue weighted by Crippen LogP contribution is -2.72. The number of benzene rings is 1. The molecule has 160 valence electrons. The molecule has 2 aliphatic heterocycles. The lowest BCUT2D eigenvalue weighted by atomic mass is 9.81. The molecule has 1 N–H and O–H groups in total. The Hall–Kier alpha value is -1.88. The van der Waals surface area contributed by atoms with Crippen molar-refractivity contribution in [3.63, 3.8) is 0 Å². The first kappa shape index (κ1) is 21.8. The van der Waals surface area contributed by atoms with Crippen LogP contribution in [0.2, 0.25) is 0 Å². The minimum atomic E-state index is -0.639. The Balaban J connectivity index is 1.51. The highest BCUT2D eigenvalue weighted by Crippen LogP contribution is 2.33. The zero-order valence-electron chi connectivity index (χ0n) is 18.3. The number of carbonyl (C=O) groups is 2. The van der Waals surface area contributed by atoms with Gasteiger partial charge in [-0.15, -0.1) is 0 Å². The summed E-state index contributed by atoms with van der Waals surface area (Å²) in [6, 6.07) is 10.3. The Bertz CT molecular complexity index is 681. The molecular formula is C24H37N3O2. The summed E-state index contributed by atoms with van der Waals surface area (Å²) < 4.78 is 0. The Kier molecular flexibility index (Phi) is 7.33. The summed E-state index contributed by atoms with van der Waals surface area (Å²) in [6.07, 6.45) is 5.67. The topological polar surface area (TPSA) is 52.7 Å². The standard InChI is InChI=1S/C24H37N3O2/c1-4-27-22(28)21(18-19(2)3)25-23(29)24(27)13-16-26(17-14-24)15-9-8-12-20-10-6-5-7-11-20/h5-7,10-11,19,21H,4,8-9,12-18H2,1-3H3,(H,25,29)/t21-/m0/s1. The summed E-state index contributed by atoms with van der Waals surface area (Å²) in [4.78, 5) is 30.5. The van der Waals surface area contributed by atoms with Gasteiger partial charge in [0.15, 0.2) is 0 Å². The van der Waals surface area contributed by atoms with Gasteiger partial charge in [-0.05, 0) is 63.5 Å². The van der Waals surface area contributed by atoms with Crippen LogP contribution in [-0.2, 0) is 16.0 Å². The van der Waals surface area contributed by atoms with Crippen molar-refractivity contribution in [2.75, 3.05) is 26.2 Å². The highest BCUT2D eigenvalue weighted by atomic mass is 16.2. The van der Waals surface area contributed by atoms with Gasteiger partial charge in [0.25, 0.3) is 0 Å². The fraction of sp³-hybridized carbons (Fsp3) is 0.667. The molecule has 1 aromatic carbocycles.